The standard InChI is InChI=1S/C11H14N2.C11H20N2.C8H16N2.C7H14N2.C6H12N2/c1-4-12-10-7-5-6-8-11(10)13-9(2)3;1-3-9-13-11-8-6-5-7-10(11)12-4-2;1-3-9-7-5-6-8-10-4-2;1-3-8-6-5-7-9-4-2;1-3-7-5-6-8-4-2/h4-8H,1-3H3;4,9-11H,3,5-8H2,1-2H3;3-4H,5-8H2,1-2H3;3-4H,5-7H2,1-2H3;3-4H,5-6H2,1-2H3. The highest BCUT2D eigenvalue weighted by Crippen LogP contribution is 2.27. The number of unbranched alkanes of at least 4 members (excludes halogenated alkanes) is 1. The predicted octanol–water partition coefficient (Wildman–Crippen LogP) is 11.1. The van der Waals surface area contributed by atoms with Crippen molar-refractivity contribution in [2.75, 3.05) is 39.3 Å². The van der Waals surface area contributed by atoms with Crippen LogP contribution in [0, 0.1) is 0 Å². The molecule has 2 unspecified atom stereocenters. The van der Waals surface area contributed by atoms with E-state index in [4.69, 9.17) is 0 Å². The van der Waals surface area contributed by atoms with Gasteiger partial charge in [0.05, 0.1) is 36.5 Å². The van der Waals surface area contributed by atoms with Crippen LogP contribution in [0.2, 0.25) is 0 Å². The Morgan fingerprint density at radius 3 is 1.34 bits per heavy atom. The second-order valence-corrected chi connectivity index (χ2v) is 11.5. The second-order valence-electron chi connectivity index (χ2n) is 11.5. The Morgan fingerprint density at radius 2 is 0.943 bits per heavy atom. The summed E-state index contributed by atoms with van der Waals surface area (Å²) in [6, 6.07) is 8.78. The first-order chi connectivity index (χ1) is 25.9. The highest BCUT2D eigenvalue weighted by atomic mass is 14.9. The SMILES string of the molecule is CC=NC1CCCCC1N=CCC.CC=NCCCCN=CC.CC=NCCCN=CC.CC=NCCN=CC.CC=Nc1ccccc1N=C(C)C. The fourth-order valence-corrected chi connectivity index (χ4v) is 4.47. The second kappa shape index (κ2) is 45.9. The van der Waals surface area contributed by atoms with Crippen molar-refractivity contribution in [3.8, 4) is 0 Å². The van der Waals surface area contributed by atoms with Crippen molar-refractivity contribution in [2.24, 2.45) is 49.9 Å². The van der Waals surface area contributed by atoms with Crippen LogP contribution in [0.1, 0.15) is 128 Å². The molecule has 10 nitrogen and oxygen atoms in total. The van der Waals surface area contributed by atoms with Crippen molar-refractivity contribution in [1.82, 2.24) is 0 Å². The van der Waals surface area contributed by atoms with E-state index in [1.807, 2.05) is 131 Å². The Kier molecular flexibility index (Phi) is 46.2. The van der Waals surface area contributed by atoms with Crippen molar-refractivity contribution in [2.45, 2.75) is 140 Å². The van der Waals surface area contributed by atoms with Crippen LogP contribution in [0.3, 0.4) is 0 Å². The minimum Gasteiger partial charge on any atom is -0.298 e. The molecule has 2 atom stereocenters. The van der Waals surface area contributed by atoms with Crippen LogP contribution in [-0.2, 0) is 0 Å². The van der Waals surface area contributed by atoms with E-state index in [0.717, 1.165) is 82.0 Å². The lowest BCUT2D eigenvalue weighted by Crippen LogP contribution is -2.26. The van der Waals surface area contributed by atoms with E-state index in [2.05, 4.69) is 56.8 Å². The lowest BCUT2D eigenvalue weighted by Gasteiger charge is -2.25. The van der Waals surface area contributed by atoms with Crippen LogP contribution in [0.5, 0.6) is 0 Å². The van der Waals surface area contributed by atoms with E-state index >= 15 is 0 Å². The highest BCUT2D eigenvalue weighted by molar-refractivity contribution is 5.84. The molecule has 10 heteroatoms. The van der Waals surface area contributed by atoms with E-state index < -0.39 is 0 Å². The van der Waals surface area contributed by atoms with Gasteiger partial charge in [0.2, 0.25) is 0 Å². The molecule has 0 radical (unpaired) electrons. The van der Waals surface area contributed by atoms with Crippen LogP contribution >= 0.6 is 0 Å². The zero-order chi connectivity index (χ0) is 40.0. The summed E-state index contributed by atoms with van der Waals surface area (Å²) in [4.78, 5) is 41.9. The van der Waals surface area contributed by atoms with Crippen LogP contribution in [0.25, 0.3) is 0 Å². The van der Waals surface area contributed by atoms with Gasteiger partial charge in [-0.15, -0.1) is 0 Å². The molecular formula is C43H76N10. The molecule has 2 rings (SSSR count). The smallest absolute Gasteiger partial charge is 0.0885 e. The van der Waals surface area contributed by atoms with Gasteiger partial charge in [-0.25, -0.2) is 0 Å². The van der Waals surface area contributed by atoms with Crippen LogP contribution < -0.4 is 0 Å². The van der Waals surface area contributed by atoms with Gasteiger partial charge in [0.25, 0.3) is 0 Å². The van der Waals surface area contributed by atoms with Gasteiger partial charge in [0, 0.05) is 38.1 Å². The van der Waals surface area contributed by atoms with E-state index in [9.17, 15) is 0 Å². The first kappa shape index (κ1) is 53.3. The van der Waals surface area contributed by atoms with Crippen LogP contribution in [0.15, 0.2) is 74.2 Å². The first-order valence-electron chi connectivity index (χ1n) is 19.6. The molecule has 53 heavy (non-hydrogen) atoms. The van der Waals surface area contributed by atoms with Gasteiger partial charge in [0.1, 0.15) is 0 Å². The fourth-order valence-electron chi connectivity index (χ4n) is 4.47. The molecule has 298 valence electrons. The average molecular weight is 733 g/mol. The molecule has 1 aromatic rings. The van der Waals surface area contributed by atoms with E-state index in [-0.39, 0.29) is 0 Å². The van der Waals surface area contributed by atoms with Gasteiger partial charge < -0.3 is 0 Å². The first-order valence-corrected chi connectivity index (χ1v) is 19.6. The lowest BCUT2D eigenvalue weighted by atomic mass is 9.91. The van der Waals surface area contributed by atoms with E-state index in [1.54, 1.807) is 18.6 Å². The summed E-state index contributed by atoms with van der Waals surface area (Å²) in [5.41, 5.74) is 2.89. The third kappa shape index (κ3) is 40.5. The Labute approximate surface area is 325 Å². The molecule has 1 aliphatic rings. The molecule has 0 N–H and O–H groups in total. The number of hydrogen-bond acceptors (Lipinski definition) is 10. The molecule has 1 aromatic carbocycles. The fraction of sp³-hybridized carbons (Fsp3) is 0.628. The van der Waals surface area contributed by atoms with E-state index in [1.165, 1.54) is 25.7 Å². The minimum atomic E-state index is 0.460. The van der Waals surface area contributed by atoms with Crippen molar-refractivity contribution in [3.63, 3.8) is 0 Å². The van der Waals surface area contributed by atoms with Gasteiger partial charge in [0.15, 0.2) is 0 Å². The van der Waals surface area contributed by atoms with Crippen molar-refractivity contribution in [3.05, 3.63) is 24.3 Å². The molecule has 1 saturated carbocycles. The van der Waals surface area contributed by atoms with Gasteiger partial charge in [-0.2, -0.15) is 0 Å². The van der Waals surface area contributed by atoms with Gasteiger partial charge >= 0.3 is 0 Å². The Hall–Kier alpha value is -4.08. The van der Waals surface area contributed by atoms with Crippen LogP contribution in [0.4, 0.5) is 11.4 Å². The van der Waals surface area contributed by atoms with E-state index in [0.29, 0.717) is 12.1 Å². The summed E-state index contributed by atoms with van der Waals surface area (Å²) in [5.74, 6) is 0. The molecule has 0 amide bonds. The Bertz CT molecular complexity index is 1180. The van der Waals surface area contributed by atoms with Gasteiger partial charge in [-0.05, 0) is 170 Å². The van der Waals surface area contributed by atoms with Gasteiger partial charge in [-0.3, -0.25) is 49.9 Å². The molecule has 0 bridgehead atoms. The van der Waals surface area contributed by atoms with Crippen molar-refractivity contribution in [1.29, 1.82) is 0 Å². The van der Waals surface area contributed by atoms with Crippen molar-refractivity contribution >= 4 is 73.0 Å². The predicted molar refractivity (Wildman–Crippen MR) is 246 cm³/mol. The number of hydrogen-bond donors (Lipinski definition) is 0. The maximum absolute atomic E-state index is 4.56. The molecule has 1 aliphatic carbocycles. The highest BCUT2D eigenvalue weighted by Gasteiger charge is 2.22. The summed E-state index contributed by atoms with van der Waals surface area (Å²) >= 11 is 0. The van der Waals surface area contributed by atoms with Gasteiger partial charge in [-0.1, -0.05) is 31.9 Å². The quantitative estimate of drug-likeness (QED) is 0.112. The molecule has 0 heterocycles. The molecule has 0 aromatic heterocycles. The number of benzene rings is 1. The summed E-state index contributed by atoms with van der Waals surface area (Å²) in [7, 11) is 0. The molecule has 1 fully saturated rings. The largest absolute Gasteiger partial charge is 0.298 e. The number of rotatable bonds is 17. The normalized spacial score (nSPS) is 16.0. The maximum Gasteiger partial charge on any atom is 0.0885 e. The molecular weight excluding hydrogens is 657 g/mol. The number of para-hydroxylation sites is 2. The summed E-state index contributed by atoms with van der Waals surface area (Å²) in [5, 5.41) is 0. The zero-order valence-electron chi connectivity index (χ0n) is 35.5. The summed E-state index contributed by atoms with van der Waals surface area (Å²) in [6.45, 7) is 26.9. The topological polar surface area (TPSA) is 124 Å². The lowest BCUT2D eigenvalue weighted by molar-refractivity contribution is 0.389. The average Bonchev–Trinajstić information content (AvgIpc) is 3.16. The third-order valence-corrected chi connectivity index (χ3v) is 6.86. The molecule has 0 spiro atoms. The Balaban J connectivity index is -0.000000598. The zero-order valence-corrected chi connectivity index (χ0v) is 35.5. The third-order valence-electron chi connectivity index (χ3n) is 6.86. The monoisotopic (exact) mass is 733 g/mol. The van der Waals surface area contributed by atoms with Crippen molar-refractivity contribution < 1.29 is 0 Å². The molecule has 0 aliphatic heterocycles. The maximum atomic E-state index is 4.56. The number of nitrogens with zero attached hydrogens (tertiary/aromatic N) is 10. The summed E-state index contributed by atoms with van der Waals surface area (Å²) in [6.07, 6.45) is 26.2. The number of aliphatic imine (C=N–C) groups is 10. The minimum absolute atomic E-state index is 0.460. The Morgan fingerprint density at radius 1 is 0.528 bits per heavy atom. The molecule has 0 saturated heterocycles. The summed E-state index contributed by atoms with van der Waals surface area (Å²) < 4.78 is 0. The van der Waals surface area contributed by atoms with Crippen LogP contribution in [-0.4, -0.2) is 113 Å².